The molecule has 27 heavy (non-hydrogen) atoms. The molecule has 1 atom stereocenters. The SMILES string of the molecule is CC(NCc1ccc(OCC(F)(F)F)cc1)c1cccc(C(F)(F)F)c1O. The second kappa shape index (κ2) is 8.08. The number of aromatic hydroxyl groups is 1. The van der Waals surface area contributed by atoms with Crippen molar-refractivity contribution in [2.75, 3.05) is 6.61 Å². The van der Waals surface area contributed by atoms with Gasteiger partial charge in [0.15, 0.2) is 6.61 Å². The summed E-state index contributed by atoms with van der Waals surface area (Å²) in [5.74, 6) is -0.777. The number of alkyl halides is 6. The van der Waals surface area contributed by atoms with Gasteiger partial charge in [0, 0.05) is 18.2 Å². The molecule has 148 valence electrons. The monoisotopic (exact) mass is 393 g/mol. The van der Waals surface area contributed by atoms with Gasteiger partial charge in [0.2, 0.25) is 0 Å². The first-order chi connectivity index (χ1) is 12.5. The number of hydrogen-bond donors (Lipinski definition) is 2. The predicted octanol–water partition coefficient (Wildman–Crippen LogP) is 5.20. The zero-order valence-corrected chi connectivity index (χ0v) is 14.2. The number of halogens is 6. The zero-order chi connectivity index (χ0) is 20.2. The molecule has 3 nitrogen and oxygen atoms in total. The molecule has 0 amide bonds. The summed E-state index contributed by atoms with van der Waals surface area (Å²) in [7, 11) is 0. The highest BCUT2D eigenvalue weighted by atomic mass is 19.4. The first kappa shape index (κ1) is 20.9. The molecule has 2 aromatic rings. The molecule has 2 rings (SSSR count). The Labute approximate surface area is 151 Å². The third-order valence-electron chi connectivity index (χ3n) is 3.78. The van der Waals surface area contributed by atoms with Gasteiger partial charge in [-0.1, -0.05) is 24.3 Å². The molecule has 0 saturated carbocycles. The van der Waals surface area contributed by atoms with E-state index in [4.69, 9.17) is 0 Å². The van der Waals surface area contributed by atoms with Crippen LogP contribution in [0.15, 0.2) is 42.5 Å². The molecule has 0 saturated heterocycles. The molecule has 0 spiro atoms. The first-order valence-corrected chi connectivity index (χ1v) is 7.88. The van der Waals surface area contributed by atoms with Crippen LogP contribution in [0.4, 0.5) is 26.3 Å². The molecule has 2 N–H and O–H groups in total. The van der Waals surface area contributed by atoms with E-state index in [1.54, 1.807) is 6.92 Å². The van der Waals surface area contributed by atoms with Crippen molar-refractivity contribution in [3.8, 4) is 11.5 Å². The Bertz CT molecular complexity index is 756. The van der Waals surface area contributed by atoms with Crippen LogP contribution < -0.4 is 10.1 Å². The quantitative estimate of drug-likeness (QED) is 0.663. The molecule has 2 aromatic carbocycles. The third kappa shape index (κ3) is 6.06. The van der Waals surface area contributed by atoms with E-state index < -0.39 is 36.3 Å². The van der Waals surface area contributed by atoms with Crippen molar-refractivity contribution >= 4 is 0 Å². The third-order valence-corrected chi connectivity index (χ3v) is 3.78. The Kier molecular flexibility index (Phi) is 6.25. The van der Waals surface area contributed by atoms with Crippen molar-refractivity contribution in [1.29, 1.82) is 0 Å². The summed E-state index contributed by atoms with van der Waals surface area (Å²) in [5, 5.41) is 12.8. The number of ether oxygens (including phenoxy) is 1. The normalized spacial score (nSPS) is 13.4. The van der Waals surface area contributed by atoms with Gasteiger partial charge < -0.3 is 15.2 Å². The first-order valence-electron chi connectivity index (χ1n) is 7.88. The molecule has 0 aliphatic carbocycles. The number of phenolic OH excluding ortho intramolecular Hbond substituents is 1. The average Bonchev–Trinajstić information content (AvgIpc) is 2.57. The summed E-state index contributed by atoms with van der Waals surface area (Å²) in [6.45, 7) is 0.433. The zero-order valence-electron chi connectivity index (χ0n) is 14.2. The van der Waals surface area contributed by atoms with E-state index in [0.717, 1.165) is 6.07 Å². The maximum absolute atomic E-state index is 12.9. The lowest BCUT2D eigenvalue weighted by atomic mass is 10.0. The predicted molar refractivity (Wildman–Crippen MR) is 86.4 cm³/mol. The van der Waals surface area contributed by atoms with Gasteiger partial charge in [-0.05, 0) is 30.7 Å². The number of benzene rings is 2. The van der Waals surface area contributed by atoms with Gasteiger partial charge >= 0.3 is 12.4 Å². The van der Waals surface area contributed by atoms with Gasteiger partial charge in [-0.3, -0.25) is 0 Å². The Morgan fingerprint density at radius 1 is 1.00 bits per heavy atom. The van der Waals surface area contributed by atoms with E-state index in [0.29, 0.717) is 5.56 Å². The fourth-order valence-electron chi connectivity index (χ4n) is 2.39. The van der Waals surface area contributed by atoms with Crippen LogP contribution in [0.2, 0.25) is 0 Å². The van der Waals surface area contributed by atoms with E-state index in [-0.39, 0.29) is 17.9 Å². The van der Waals surface area contributed by atoms with E-state index >= 15 is 0 Å². The second-order valence-corrected chi connectivity index (χ2v) is 5.89. The summed E-state index contributed by atoms with van der Waals surface area (Å²) < 4.78 is 79.5. The lowest BCUT2D eigenvalue weighted by Gasteiger charge is -2.18. The van der Waals surface area contributed by atoms with Crippen LogP contribution in [0.25, 0.3) is 0 Å². The van der Waals surface area contributed by atoms with Crippen molar-refractivity contribution < 1.29 is 36.2 Å². The Hall–Kier alpha value is -2.42. The van der Waals surface area contributed by atoms with E-state index in [2.05, 4.69) is 10.1 Å². The number of para-hydroxylation sites is 1. The molecular weight excluding hydrogens is 376 g/mol. The van der Waals surface area contributed by atoms with Crippen LogP contribution in [0.5, 0.6) is 11.5 Å². The standard InChI is InChI=1S/C18H17F6NO2/c1-11(14-3-2-4-15(16(14)26)18(22,23)24)25-9-12-5-7-13(8-6-12)27-10-17(19,20)21/h2-8,11,25-26H,9-10H2,1H3. The van der Waals surface area contributed by atoms with Gasteiger partial charge in [0.25, 0.3) is 0 Å². The molecular formula is C18H17F6NO2. The smallest absolute Gasteiger partial charge is 0.422 e. The number of phenols is 1. The van der Waals surface area contributed by atoms with Crippen LogP contribution >= 0.6 is 0 Å². The minimum Gasteiger partial charge on any atom is -0.507 e. The maximum atomic E-state index is 12.9. The van der Waals surface area contributed by atoms with Crippen molar-refractivity contribution in [2.45, 2.75) is 31.9 Å². The van der Waals surface area contributed by atoms with Crippen molar-refractivity contribution in [2.24, 2.45) is 0 Å². The fraction of sp³-hybridized carbons (Fsp3) is 0.333. The van der Waals surface area contributed by atoms with Crippen LogP contribution in [0.1, 0.15) is 29.7 Å². The van der Waals surface area contributed by atoms with E-state index in [1.807, 2.05) is 0 Å². The minimum atomic E-state index is -4.66. The van der Waals surface area contributed by atoms with Gasteiger partial charge in [-0.2, -0.15) is 26.3 Å². The van der Waals surface area contributed by atoms with Crippen molar-refractivity contribution in [3.05, 3.63) is 59.2 Å². The summed E-state index contributed by atoms with van der Waals surface area (Å²) in [4.78, 5) is 0. The largest absolute Gasteiger partial charge is 0.507 e. The van der Waals surface area contributed by atoms with Crippen LogP contribution in [0, 0.1) is 0 Å². The highest BCUT2D eigenvalue weighted by molar-refractivity contribution is 5.43. The maximum Gasteiger partial charge on any atom is 0.422 e. The molecule has 0 aliphatic heterocycles. The minimum absolute atomic E-state index is 0.0552. The van der Waals surface area contributed by atoms with Crippen LogP contribution in [-0.4, -0.2) is 17.9 Å². The lowest BCUT2D eigenvalue weighted by molar-refractivity contribution is -0.153. The number of hydrogen-bond acceptors (Lipinski definition) is 3. The van der Waals surface area contributed by atoms with Gasteiger partial charge in [-0.15, -0.1) is 0 Å². The van der Waals surface area contributed by atoms with Gasteiger partial charge in [0.05, 0.1) is 5.56 Å². The summed E-state index contributed by atoms with van der Waals surface area (Å²) >= 11 is 0. The molecule has 0 aromatic heterocycles. The van der Waals surface area contributed by atoms with Crippen molar-refractivity contribution in [1.82, 2.24) is 5.32 Å². The molecule has 0 aliphatic rings. The van der Waals surface area contributed by atoms with Gasteiger partial charge in [0.1, 0.15) is 11.5 Å². The number of nitrogens with one attached hydrogen (secondary N) is 1. The fourth-order valence-corrected chi connectivity index (χ4v) is 2.39. The summed E-state index contributed by atoms with van der Waals surface area (Å²) in [6.07, 6.45) is -9.09. The second-order valence-electron chi connectivity index (χ2n) is 5.89. The topological polar surface area (TPSA) is 41.5 Å². The van der Waals surface area contributed by atoms with E-state index in [1.165, 1.54) is 36.4 Å². The highest BCUT2D eigenvalue weighted by Crippen LogP contribution is 2.39. The van der Waals surface area contributed by atoms with Gasteiger partial charge in [-0.25, -0.2) is 0 Å². The molecule has 0 fully saturated rings. The Balaban J connectivity index is 1.99. The van der Waals surface area contributed by atoms with Crippen LogP contribution in [-0.2, 0) is 12.7 Å². The molecule has 0 heterocycles. The molecule has 1 unspecified atom stereocenters. The average molecular weight is 393 g/mol. The Morgan fingerprint density at radius 3 is 2.19 bits per heavy atom. The number of rotatable bonds is 6. The highest BCUT2D eigenvalue weighted by Gasteiger charge is 2.35. The Morgan fingerprint density at radius 2 is 1.63 bits per heavy atom. The lowest BCUT2D eigenvalue weighted by Crippen LogP contribution is -2.20. The van der Waals surface area contributed by atoms with E-state index in [9.17, 15) is 31.4 Å². The molecule has 9 heteroatoms. The summed E-state index contributed by atoms with van der Waals surface area (Å²) in [6, 6.07) is 8.62. The van der Waals surface area contributed by atoms with Crippen LogP contribution in [0.3, 0.4) is 0 Å². The molecule has 0 bridgehead atoms. The summed E-state index contributed by atoms with van der Waals surface area (Å²) in [5.41, 5.74) is -0.331. The molecule has 0 radical (unpaired) electrons. The van der Waals surface area contributed by atoms with Crippen molar-refractivity contribution in [3.63, 3.8) is 0 Å².